The molecule has 0 aromatic rings. The Morgan fingerprint density at radius 1 is 1.10 bits per heavy atom. The summed E-state index contributed by atoms with van der Waals surface area (Å²) in [6.07, 6.45) is 0.194. The highest BCUT2D eigenvalue weighted by Gasteiger charge is 2.38. The summed E-state index contributed by atoms with van der Waals surface area (Å²) in [7, 11) is 0. The van der Waals surface area contributed by atoms with Crippen LogP contribution in [0.15, 0.2) is 0 Å². The number of nitrogens with two attached hydrogens (primary N) is 2. The van der Waals surface area contributed by atoms with Crippen LogP contribution in [0.5, 0.6) is 0 Å². The summed E-state index contributed by atoms with van der Waals surface area (Å²) in [5.74, 6) is -4.66. The van der Waals surface area contributed by atoms with Crippen LogP contribution in [-0.4, -0.2) is 82.0 Å². The summed E-state index contributed by atoms with van der Waals surface area (Å²) in [5.41, 5.74) is 10.9. The first kappa shape index (κ1) is 24.3. The molecular weight excluding hydrogens is 386 g/mol. The third kappa shape index (κ3) is 6.68. The fourth-order valence-corrected chi connectivity index (χ4v) is 2.93. The molecule has 0 saturated carbocycles. The van der Waals surface area contributed by atoms with Gasteiger partial charge in [-0.25, -0.2) is 4.79 Å². The number of rotatable bonds is 10. The number of hydrogen-bond donors (Lipinski definition) is 6. The minimum atomic E-state index is -1.44. The maximum absolute atomic E-state index is 12.6. The molecule has 1 heterocycles. The molecule has 164 valence electrons. The van der Waals surface area contributed by atoms with Crippen LogP contribution in [0.25, 0.3) is 0 Å². The van der Waals surface area contributed by atoms with E-state index in [4.69, 9.17) is 11.5 Å². The van der Waals surface area contributed by atoms with Gasteiger partial charge in [-0.1, -0.05) is 13.8 Å². The lowest BCUT2D eigenvalue weighted by Gasteiger charge is -2.28. The van der Waals surface area contributed by atoms with Gasteiger partial charge in [0, 0.05) is 6.54 Å². The minimum Gasteiger partial charge on any atom is -0.480 e. The fourth-order valence-electron chi connectivity index (χ4n) is 2.93. The molecule has 0 aromatic carbocycles. The first-order valence-corrected chi connectivity index (χ1v) is 9.28. The van der Waals surface area contributed by atoms with E-state index in [1.54, 1.807) is 13.8 Å². The van der Waals surface area contributed by atoms with Crippen LogP contribution in [-0.2, 0) is 24.0 Å². The molecule has 1 fully saturated rings. The zero-order valence-corrected chi connectivity index (χ0v) is 16.5. The number of carbonyl (C=O) groups is 5. The molecule has 0 bridgehead atoms. The molecule has 12 heteroatoms. The van der Waals surface area contributed by atoms with Crippen LogP contribution < -0.4 is 22.1 Å². The average Bonchev–Trinajstić information content (AvgIpc) is 3.13. The molecule has 4 amide bonds. The van der Waals surface area contributed by atoms with Gasteiger partial charge < -0.3 is 37.2 Å². The van der Waals surface area contributed by atoms with E-state index >= 15 is 0 Å². The summed E-state index contributed by atoms with van der Waals surface area (Å²) in [6, 6.07) is -4.82. The average molecular weight is 415 g/mol. The van der Waals surface area contributed by atoms with Crippen molar-refractivity contribution >= 4 is 29.6 Å². The Hall–Kier alpha value is -2.73. The molecular formula is C17H29N5O7. The van der Waals surface area contributed by atoms with Crippen molar-refractivity contribution in [2.75, 3.05) is 13.2 Å². The molecule has 4 unspecified atom stereocenters. The van der Waals surface area contributed by atoms with Crippen molar-refractivity contribution in [3.8, 4) is 0 Å². The van der Waals surface area contributed by atoms with Crippen molar-refractivity contribution in [2.45, 2.75) is 57.3 Å². The van der Waals surface area contributed by atoms with E-state index in [1.807, 2.05) is 0 Å². The van der Waals surface area contributed by atoms with Crippen molar-refractivity contribution in [1.82, 2.24) is 15.5 Å². The highest BCUT2D eigenvalue weighted by atomic mass is 16.4. The second kappa shape index (κ2) is 10.7. The number of carbonyl (C=O) groups excluding carboxylic acids is 4. The molecule has 0 aliphatic carbocycles. The van der Waals surface area contributed by atoms with Gasteiger partial charge in [-0.3, -0.25) is 19.2 Å². The van der Waals surface area contributed by atoms with Gasteiger partial charge in [0.2, 0.25) is 23.6 Å². The van der Waals surface area contributed by atoms with Gasteiger partial charge in [0.1, 0.15) is 18.1 Å². The number of primary amides is 1. The Balaban J connectivity index is 2.89. The van der Waals surface area contributed by atoms with E-state index in [2.05, 4.69) is 10.6 Å². The smallest absolute Gasteiger partial charge is 0.326 e. The van der Waals surface area contributed by atoms with Crippen LogP contribution in [0, 0.1) is 5.92 Å². The number of carboxylic acid groups (broad SMARTS) is 1. The molecule has 0 spiro atoms. The largest absolute Gasteiger partial charge is 0.480 e. The fraction of sp³-hybridized carbons (Fsp3) is 0.706. The number of aliphatic hydroxyl groups is 1. The summed E-state index contributed by atoms with van der Waals surface area (Å²) in [6.45, 7) is 2.77. The topological polar surface area (TPSA) is 205 Å². The highest BCUT2D eigenvalue weighted by molar-refractivity contribution is 5.96. The van der Waals surface area contributed by atoms with E-state index in [0.29, 0.717) is 6.42 Å². The first-order chi connectivity index (χ1) is 13.5. The Morgan fingerprint density at radius 2 is 1.69 bits per heavy atom. The number of aliphatic hydroxyl groups excluding tert-OH is 1. The first-order valence-electron chi connectivity index (χ1n) is 9.28. The lowest BCUT2D eigenvalue weighted by Crippen LogP contribution is -2.59. The number of likely N-dealkylation sites (tertiary alicyclic amines) is 1. The third-order valence-corrected chi connectivity index (χ3v) is 4.68. The normalized spacial score (nSPS) is 19.3. The second-order valence-corrected chi connectivity index (χ2v) is 7.27. The Bertz CT molecular complexity index is 654. The number of aliphatic carboxylic acids is 1. The van der Waals surface area contributed by atoms with Gasteiger partial charge in [0.25, 0.3) is 0 Å². The van der Waals surface area contributed by atoms with Crippen molar-refractivity contribution in [2.24, 2.45) is 17.4 Å². The molecule has 1 saturated heterocycles. The summed E-state index contributed by atoms with van der Waals surface area (Å²) in [5, 5.41) is 23.3. The SMILES string of the molecule is CC(C)C(N)C(=O)NC(CC(N)=O)C(=O)NC(CO)C(=O)N1CCCC1C(=O)O. The predicted molar refractivity (Wildman–Crippen MR) is 99.9 cm³/mol. The monoisotopic (exact) mass is 415 g/mol. The van der Waals surface area contributed by atoms with E-state index in [0.717, 1.165) is 4.90 Å². The van der Waals surface area contributed by atoms with Gasteiger partial charge >= 0.3 is 5.97 Å². The molecule has 12 nitrogen and oxygen atoms in total. The van der Waals surface area contributed by atoms with E-state index in [-0.39, 0.29) is 18.9 Å². The van der Waals surface area contributed by atoms with Gasteiger partial charge in [-0.05, 0) is 18.8 Å². The van der Waals surface area contributed by atoms with Crippen LogP contribution in [0.4, 0.5) is 0 Å². The molecule has 0 radical (unpaired) electrons. The summed E-state index contributed by atoms with van der Waals surface area (Å²) < 4.78 is 0. The minimum absolute atomic E-state index is 0.173. The van der Waals surface area contributed by atoms with Crippen LogP contribution >= 0.6 is 0 Å². The van der Waals surface area contributed by atoms with Gasteiger partial charge in [0.05, 0.1) is 19.1 Å². The summed E-state index contributed by atoms with van der Waals surface area (Å²) in [4.78, 5) is 60.9. The Labute approximate surface area is 168 Å². The molecule has 0 aromatic heterocycles. The quantitative estimate of drug-likeness (QED) is 0.215. The van der Waals surface area contributed by atoms with Crippen molar-refractivity contribution in [3.05, 3.63) is 0 Å². The predicted octanol–water partition coefficient (Wildman–Crippen LogP) is -3.12. The van der Waals surface area contributed by atoms with E-state index < -0.39 is 66.8 Å². The van der Waals surface area contributed by atoms with Crippen molar-refractivity contribution in [1.29, 1.82) is 0 Å². The molecule has 1 rings (SSSR count). The number of nitrogens with zero attached hydrogens (tertiary/aromatic N) is 1. The number of carboxylic acids is 1. The Morgan fingerprint density at radius 3 is 2.17 bits per heavy atom. The lowest BCUT2D eigenvalue weighted by molar-refractivity contribution is -0.150. The molecule has 29 heavy (non-hydrogen) atoms. The second-order valence-electron chi connectivity index (χ2n) is 7.27. The zero-order chi connectivity index (χ0) is 22.3. The van der Waals surface area contributed by atoms with Crippen LogP contribution in [0.3, 0.4) is 0 Å². The maximum atomic E-state index is 12.6. The van der Waals surface area contributed by atoms with Gasteiger partial charge in [-0.15, -0.1) is 0 Å². The van der Waals surface area contributed by atoms with Crippen molar-refractivity contribution < 1.29 is 34.2 Å². The van der Waals surface area contributed by atoms with Gasteiger partial charge in [-0.2, -0.15) is 0 Å². The molecule has 1 aliphatic rings. The summed E-state index contributed by atoms with van der Waals surface area (Å²) >= 11 is 0. The zero-order valence-electron chi connectivity index (χ0n) is 16.5. The van der Waals surface area contributed by atoms with Gasteiger partial charge in [0.15, 0.2) is 0 Å². The standard InChI is InChI=1S/C17H29N5O7/c1-8(2)13(19)15(26)20-9(6-12(18)24)14(25)21-10(7-23)16(27)22-5-3-4-11(22)17(28)29/h8-11,13,23H,3-7,19H2,1-2H3,(H2,18,24)(H,20,26)(H,21,25)(H,28,29). The Kier molecular flexibility index (Phi) is 8.98. The third-order valence-electron chi connectivity index (χ3n) is 4.68. The molecule has 1 aliphatic heterocycles. The lowest BCUT2D eigenvalue weighted by atomic mass is 10.0. The van der Waals surface area contributed by atoms with Crippen LogP contribution in [0.1, 0.15) is 33.1 Å². The van der Waals surface area contributed by atoms with E-state index in [1.165, 1.54) is 0 Å². The van der Waals surface area contributed by atoms with E-state index in [9.17, 15) is 34.2 Å². The number of amides is 4. The van der Waals surface area contributed by atoms with Crippen molar-refractivity contribution in [3.63, 3.8) is 0 Å². The number of nitrogens with one attached hydrogen (secondary N) is 2. The molecule has 4 atom stereocenters. The molecule has 8 N–H and O–H groups in total. The van der Waals surface area contributed by atoms with Crippen LogP contribution in [0.2, 0.25) is 0 Å². The maximum Gasteiger partial charge on any atom is 0.326 e. The number of hydrogen-bond acceptors (Lipinski definition) is 7. The highest BCUT2D eigenvalue weighted by Crippen LogP contribution is 2.18.